The minimum absolute atomic E-state index is 0.0206. The Kier molecular flexibility index (Phi) is 28.4. The molecule has 8 aromatic rings. The molecule has 121 heavy (non-hydrogen) atoms. The quantitative estimate of drug-likeness (QED) is 0.0410. The van der Waals surface area contributed by atoms with Crippen molar-refractivity contribution in [3.05, 3.63) is 66.5 Å². The Bertz CT molecular complexity index is 4980. The van der Waals surface area contributed by atoms with E-state index in [4.69, 9.17) is 34.6 Å². The summed E-state index contributed by atoms with van der Waals surface area (Å²) in [5, 5.41) is 40.8. The Morgan fingerprint density at radius 1 is 0.446 bits per heavy atom. The predicted molar refractivity (Wildman–Crippen MR) is 468 cm³/mol. The number of rotatable bonds is 19. The van der Waals surface area contributed by atoms with Crippen molar-refractivity contribution in [2.45, 2.75) is 251 Å². The Morgan fingerprint density at radius 3 is 1.18 bits per heavy atom. The second-order valence-corrected chi connectivity index (χ2v) is 39.5. The summed E-state index contributed by atoms with van der Waals surface area (Å²) in [5.41, 5.74) is 3.49. The molecule has 6 saturated heterocycles. The second-order valence-electron chi connectivity index (χ2n) is 35.4. The van der Waals surface area contributed by atoms with Gasteiger partial charge in [0, 0.05) is 143 Å². The number of morpholine rings is 1. The van der Waals surface area contributed by atoms with Gasteiger partial charge in [-0.15, -0.1) is 45.3 Å². The first-order valence-electron chi connectivity index (χ1n) is 44.2. The van der Waals surface area contributed by atoms with Gasteiger partial charge in [-0.25, -0.2) is 9.59 Å². The highest BCUT2D eigenvalue weighted by atomic mass is 32.1. The third-order valence-corrected chi connectivity index (χ3v) is 30.5. The molecule has 6 N–H and O–H groups in total. The predicted octanol–water partition coefficient (Wildman–Crippen LogP) is 11.9. The molecule has 14 heterocycles. The van der Waals surface area contributed by atoms with Crippen LogP contribution in [-0.2, 0) is 28.6 Å². The molecule has 8 aromatic heterocycles. The Balaban J connectivity index is 0.000000126. The summed E-state index contributed by atoms with van der Waals surface area (Å²) >= 11 is 6.10. The van der Waals surface area contributed by atoms with E-state index < -0.39 is 11.4 Å². The third-order valence-electron chi connectivity index (χ3n) is 26.0. The zero-order valence-electron chi connectivity index (χ0n) is 71.4. The number of urea groups is 2. The summed E-state index contributed by atoms with van der Waals surface area (Å²) in [7, 11) is 0. The van der Waals surface area contributed by atoms with Gasteiger partial charge in [-0.1, -0.05) is 52.4 Å². The van der Waals surface area contributed by atoms with Crippen LogP contribution in [0.25, 0.3) is 40.9 Å². The maximum atomic E-state index is 13.1. The van der Waals surface area contributed by atoms with Crippen LogP contribution < -0.4 is 31.9 Å². The van der Waals surface area contributed by atoms with Gasteiger partial charge in [0.1, 0.15) is 19.3 Å². The normalized spacial score (nSPS) is 22.6. The summed E-state index contributed by atoms with van der Waals surface area (Å²) < 4.78 is 25.0. The first-order chi connectivity index (χ1) is 58.4. The molecule has 0 unspecified atom stereocenters. The van der Waals surface area contributed by atoms with Crippen LogP contribution >= 0.6 is 45.3 Å². The number of fused-ring (bicyclic) bond motifs is 4. The Morgan fingerprint density at radius 2 is 0.802 bits per heavy atom. The molecule has 4 aliphatic carbocycles. The fourth-order valence-electron chi connectivity index (χ4n) is 19.0. The Hall–Kier alpha value is -8.29. The maximum absolute atomic E-state index is 13.1. The van der Waals surface area contributed by atoms with Crippen LogP contribution in [0.2, 0.25) is 0 Å². The molecule has 656 valence electrons. The molecule has 6 aliphatic heterocycles. The van der Waals surface area contributed by atoms with E-state index in [9.17, 15) is 43.2 Å². The number of nitrogens with zero attached hydrogens (tertiary/aromatic N) is 13. The highest BCUT2D eigenvalue weighted by Crippen LogP contribution is 2.41. The maximum Gasteiger partial charge on any atom is 0.324 e. The molecule has 0 bridgehead atoms. The molecule has 1 atom stereocenters. The van der Waals surface area contributed by atoms with E-state index in [2.05, 4.69) is 60.4 Å². The summed E-state index contributed by atoms with van der Waals surface area (Å²) in [6.45, 7) is 26.8. The number of hydrogen-bond acceptors (Lipinski definition) is 22. The largest absolute Gasteiger partial charge is 0.381 e. The van der Waals surface area contributed by atoms with Crippen molar-refractivity contribution in [1.29, 1.82) is 0 Å². The van der Waals surface area contributed by atoms with Crippen LogP contribution in [0, 0.1) is 33.1 Å². The molecule has 10 fully saturated rings. The van der Waals surface area contributed by atoms with Gasteiger partial charge in [0.05, 0.1) is 99.3 Å². The number of amides is 11. The molecule has 4 saturated carbocycles. The van der Waals surface area contributed by atoms with Gasteiger partial charge in [0.15, 0.2) is 0 Å². The molecule has 35 heteroatoms. The molecule has 0 spiro atoms. The average molecular weight is 1740 g/mol. The summed E-state index contributed by atoms with van der Waals surface area (Å²) in [5.74, 6) is -0.510. The lowest BCUT2D eigenvalue weighted by atomic mass is 9.89. The number of carbonyl (C=O) groups excluding carboxylic acids is 9. The van der Waals surface area contributed by atoms with Crippen molar-refractivity contribution in [3.63, 3.8) is 0 Å². The lowest BCUT2D eigenvalue weighted by molar-refractivity contribution is -0.131. The highest BCUT2D eigenvalue weighted by Gasteiger charge is 2.38. The van der Waals surface area contributed by atoms with Crippen LogP contribution in [0.4, 0.5) is 9.59 Å². The van der Waals surface area contributed by atoms with Crippen LogP contribution in [-0.4, -0.2) is 259 Å². The van der Waals surface area contributed by atoms with Gasteiger partial charge >= 0.3 is 12.1 Å². The van der Waals surface area contributed by atoms with Gasteiger partial charge in [-0.2, -0.15) is 20.4 Å². The SMILES string of the molecule is CC(=O)N1CCN(C2CCC(NC(=O)c3cc4c(C)nn(C5CCOCC5)c4s3)CC2)CC1.Cc1nn(C2CCCCC2)c2sc(C(=O)NCC(C)(C)CN3C(=O)CNC3=O)cc12.Cc1nn(C2CCCCC2)c2sc(C(=O)N[C@H](C)CN3C(=O)CNC3=O)cc12.Cc1nn(C2CCOCC2)c2sc(C(=O)NC3CCC(N4CCOCC4)CC3)cc12. The lowest BCUT2D eigenvalue weighted by Crippen LogP contribution is -2.53. The van der Waals surface area contributed by atoms with E-state index in [-0.39, 0.29) is 91.7 Å². The topological polar surface area (TPSA) is 341 Å². The first-order valence-corrected chi connectivity index (χ1v) is 47.4. The second kappa shape index (κ2) is 39.3. The number of thiophene rings is 4. The van der Waals surface area contributed by atoms with Crippen molar-refractivity contribution in [1.82, 2.24) is 95.5 Å². The standard InChI is InChI=1S/C24H35N5O3S.C22H32N4O3S.C21H29N5O3S.C19H25N5O3S/c1-16-21-15-22(33-24(21)29(26-16)20-7-13-32-14-8-20)23(31)25-18-3-5-19(6-4-18)28-11-9-27(10-12-28)17(2)30;1-15-19-14-20(30-22(19)26(24-15)18-6-10-28-11-7-18)21(27)23-16-2-4-17(5-3-16)25-8-12-29-13-9-25;1-13-15-9-16(30-19(15)26(24-13)14-7-5-4-6-8-14)18(28)23-11-21(2,3)12-25-17(27)10-22-20(25)29;1-11(10-23-16(25)9-20-19(23)27)21-17(26)15-8-14-12(2)22-24(18(14)28-15)13-6-4-3-5-7-13/h15,18-20H,3-14H2,1-2H3,(H,25,31);14,16-18H,2-13H2,1H3,(H,23,27);9,14H,4-8,10-12H2,1-3H3,(H,22,29)(H,23,28);8,11,13H,3-7,9-10H2,1-2H3,(H,20,27)(H,21,26)/t;;;11-/m...1/s1. The number of aryl methyl sites for hydroxylation is 4. The molecule has 11 amide bonds. The van der Waals surface area contributed by atoms with Gasteiger partial charge in [-0.05, 0) is 162 Å². The molecule has 31 nitrogen and oxygen atoms in total. The zero-order valence-corrected chi connectivity index (χ0v) is 74.7. The molecule has 0 radical (unpaired) electrons. The zero-order chi connectivity index (χ0) is 84.8. The number of nitrogens with one attached hydrogen (secondary N) is 6. The number of hydrogen-bond donors (Lipinski definition) is 6. The Labute approximate surface area is 722 Å². The first kappa shape index (κ1) is 87.6. The number of imide groups is 2. The number of aromatic nitrogens is 8. The van der Waals surface area contributed by atoms with Crippen molar-refractivity contribution in [2.24, 2.45) is 5.41 Å². The van der Waals surface area contributed by atoms with Crippen LogP contribution in [0.1, 0.15) is 255 Å². The molecule has 0 aromatic carbocycles. The number of piperazine rings is 1. The van der Waals surface area contributed by atoms with Crippen LogP contribution in [0.5, 0.6) is 0 Å². The van der Waals surface area contributed by atoms with Gasteiger partial charge in [0.2, 0.25) is 17.7 Å². The highest BCUT2D eigenvalue weighted by molar-refractivity contribution is 7.21. The summed E-state index contributed by atoms with van der Waals surface area (Å²) in [6, 6.07) is 10.1. The fraction of sp³-hybridized carbons (Fsp3) is 0.663. The third kappa shape index (κ3) is 20.7. The summed E-state index contributed by atoms with van der Waals surface area (Å²) in [6.07, 6.45) is 24.7. The van der Waals surface area contributed by atoms with Crippen LogP contribution in [0.15, 0.2) is 24.3 Å². The molecular formula is C86H121N19O12S4. The summed E-state index contributed by atoms with van der Waals surface area (Å²) in [4.78, 5) is 127. The monoisotopic (exact) mass is 1740 g/mol. The number of ether oxygens (including phenoxy) is 3. The minimum Gasteiger partial charge on any atom is -0.381 e. The van der Waals surface area contributed by atoms with E-state index in [1.54, 1.807) is 36.5 Å². The molecule has 10 aliphatic rings. The number of carbonyl (C=O) groups is 9. The lowest BCUT2D eigenvalue weighted by Gasteiger charge is -2.41. The van der Waals surface area contributed by atoms with E-state index in [1.807, 2.05) is 70.7 Å². The van der Waals surface area contributed by atoms with Gasteiger partial charge in [0.25, 0.3) is 23.6 Å². The van der Waals surface area contributed by atoms with Crippen molar-refractivity contribution in [2.75, 3.05) is 112 Å². The average Bonchev–Trinajstić information content (AvgIpc) is 1.63. The van der Waals surface area contributed by atoms with Crippen LogP contribution in [0.3, 0.4) is 0 Å². The van der Waals surface area contributed by atoms with E-state index in [0.717, 1.165) is 260 Å². The smallest absolute Gasteiger partial charge is 0.324 e. The van der Waals surface area contributed by atoms with Gasteiger partial charge in [-0.3, -0.25) is 71.9 Å². The minimum atomic E-state index is -0.432. The van der Waals surface area contributed by atoms with Crippen molar-refractivity contribution in [3.8, 4) is 0 Å². The van der Waals surface area contributed by atoms with Crippen molar-refractivity contribution >= 4 is 140 Å². The van der Waals surface area contributed by atoms with Gasteiger partial charge < -0.3 is 51.0 Å². The van der Waals surface area contributed by atoms with E-state index in [1.165, 1.54) is 66.1 Å². The fourth-order valence-corrected chi connectivity index (χ4v) is 23.6. The van der Waals surface area contributed by atoms with Crippen molar-refractivity contribution < 1.29 is 57.4 Å². The molecule has 18 rings (SSSR count). The molecular weight excluding hydrogens is 1620 g/mol. The van der Waals surface area contributed by atoms with E-state index >= 15 is 0 Å². The van der Waals surface area contributed by atoms with E-state index in [0.29, 0.717) is 52.6 Å².